The van der Waals surface area contributed by atoms with Gasteiger partial charge in [0, 0.05) is 44.0 Å². The van der Waals surface area contributed by atoms with Gasteiger partial charge in [-0.15, -0.1) is 0 Å². The van der Waals surface area contributed by atoms with Crippen molar-refractivity contribution in [2.45, 2.75) is 18.7 Å². The first-order chi connectivity index (χ1) is 12.3. The fourth-order valence-corrected chi connectivity index (χ4v) is 4.62. The molecule has 0 radical (unpaired) electrons. The number of anilines is 1. The molecule has 0 unspecified atom stereocenters. The summed E-state index contributed by atoms with van der Waals surface area (Å²) in [5.74, 6) is 0. The quantitative estimate of drug-likeness (QED) is 0.606. The molecule has 138 valence electrons. The minimum Gasteiger partial charge on any atom is -0.369 e. The molecule has 0 atom stereocenters. The highest BCUT2D eigenvalue weighted by atomic mass is 32.2. The van der Waals surface area contributed by atoms with E-state index in [4.69, 9.17) is 0 Å². The Morgan fingerprint density at radius 2 is 1.65 bits per heavy atom. The summed E-state index contributed by atoms with van der Waals surface area (Å²) in [5, 5.41) is 10.9. The van der Waals surface area contributed by atoms with Gasteiger partial charge in [0.1, 0.15) is 0 Å². The van der Waals surface area contributed by atoms with Crippen molar-refractivity contribution in [3.8, 4) is 0 Å². The molecule has 2 aromatic carbocycles. The highest BCUT2D eigenvalue weighted by Gasteiger charge is 2.30. The molecule has 1 aliphatic rings. The normalized spacial score (nSPS) is 15.8. The molecule has 26 heavy (non-hydrogen) atoms. The van der Waals surface area contributed by atoms with Gasteiger partial charge in [-0.3, -0.25) is 10.1 Å². The third-order valence-electron chi connectivity index (χ3n) is 4.82. The Hall–Kier alpha value is -2.45. The molecule has 0 aromatic heterocycles. The lowest BCUT2D eigenvalue weighted by atomic mass is 10.1. The molecule has 8 heteroatoms. The Kier molecular flexibility index (Phi) is 4.97. The van der Waals surface area contributed by atoms with Crippen LogP contribution in [0.15, 0.2) is 47.4 Å². The Morgan fingerprint density at radius 1 is 1.00 bits per heavy atom. The van der Waals surface area contributed by atoms with Crippen molar-refractivity contribution in [2.75, 3.05) is 31.1 Å². The molecule has 1 saturated heterocycles. The first-order valence-corrected chi connectivity index (χ1v) is 9.80. The maximum Gasteiger partial charge on any atom is 0.270 e. The van der Waals surface area contributed by atoms with E-state index >= 15 is 0 Å². The standard InChI is InChI=1S/C18H21N3O4S/c1-14-5-3-8-18(15(14)2)19-9-11-20(12-10-19)26(24,25)17-7-4-6-16(13-17)21(22)23/h3-8,13H,9-12H2,1-2H3. The van der Waals surface area contributed by atoms with Gasteiger partial charge in [-0.25, -0.2) is 8.42 Å². The van der Waals surface area contributed by atoms with Crippen LogP contribution in [0.2, 0.25) is 0 Å². The minimum absolute atomic E-state index is 0.0353. The molecule has 2 aromatic rings. The summed E-state index contributed by atoms with van der Waals surface area (Å²) in [5.41, 5.74) is 3.30. The van der Waals surface area contributed by atoms with Gasteiger partial charge < -0.3 is 4.90 Å². The molecule has 1 fully saturated rings. The summed E-state index contributed by atoms with van der Waals surface area (Å²) in [6, 6.07) is 11.3. The van der Waals surface area contributed by atoms with Crippen molar-refractivity contribution < 1.29 is 13.3 Å². The highest BCUT2D eigenvalue weighted by Crippen LogP contribution is 2.26. The van der Waals surface area contributed by atoms with E-state index in [1.165, 1.54) is 33.6 Å². The number of hydrogen-bond donors (Lipinski definition) is 0. The average molecular weight is 375 g/mol. The summed E-state index contributed by atoms with van der Waals surface area (Å²) >= 11 is 0. The zero-order valence-corrected chi connectivity index (χ0v) is 15.6. The maximum absolute atomic E-state index is 12.8. The number of nitro groups is 1. The van der Waals surface area contributed by atoms with Gasteiger partial charge in [0.15, 0.2) is 0 Å². The fraction of sp³-hybridized carbons (Fsp3) is 0.333. The van der Waals surface area contributed by atoms with Crippen molar-refractivity contribution >= 4 is 21.4 Å². The summed E-state index contributed by atoms with van der Waals surface area (Å²) in [4.78, 5) is 12.5. The highest BCUT2D eigenvalue weighted by molar-refractivity contribution is 7.89. The Morgan fingerprint density at radius 3 is 2.31 bits per heavy atom. The smallest absolute Gasteiger partial charge is 0.270 e. The fourth-order valence-electron chi connectivity index (χ4n) is 3.15. The Labute approximate surface area is 153 Å². The molecular formula is C18H21N3O4S. The van der Waals surface area contributed by atoms with Crippen molar-refractivity contribution in [3.05, 3.63) is 63.7 Å². The Bertz CT molecular complexity index is 935. The largest absolute Gasteiger partial charge is 0.369 e. The van der Waals surface area contributed by atoms with Gasteiger partial charge in [0.2, 0.25) is 10.0 Å². The zero-order valence-electron chi connectivity index (χ0n) is 14.8. The van der Waals surface area contributed by atoms with Crippen LogP contribution in [0.5, 0.6) is 0 Å². The molecule has 1 heterocycles. The van der Waals surface area contributed by atoms with E-state index in [1.807, 2.05) is 12.1 Å². The summed E-state index contributed by atoms with van der Waals surface area (Å²) in [6.45, 7) is 5.98. The number of nitro benzene ring substituents is 1. The van der Waals surface area contributed by atoms with Gasteiger partial charge in [-0.05, 0) is 37.1 Å². The van der Waals surface area contributed by atoms with E-state index in [0.717, 1.165) is 11.8 Å². The first kappa shape index (κ1) is 18.3. The number of hydrogen-bond acceptors (Lipinski definition) is 5. The number of rotatable bonds is 4. The molecule has 7 nitrogen and oxygen atoms in total. The lowest BCUT2D eigenvalue weighted by Gasteiger charge is -2.36. The van der Waals surface area contributed by atoms with E-state index in [2.05, 4.69) is 24.8 Å². The third kappa shape index (κ3) is 3.42. The number of nitrogens with zero attached hydrogens (tertiary/aromatic N) is 3. The SMILES string of the molecule is Cc1cccc(N2CCN(S(=O)(=O)c3cccc([N+](=O)[O-])c3)CC2)c1C. The zero-order chi connectivity index (χ0) is 18.9. The van der Waals surface area contributed by atoms with Crippen molar-refractivity contribution in [2.24, 2.45) is 0 Å². The van der Waals surface area contributed by atoms with Gasteiger partial charge in [0.05, 0.1) is 9.82 Å². The maximum atomic E-state index is 12.8. The van der Waals surface area contributed by atoms with Crippen LogP contribution in [0, 0.1) is 24.0 Å². The van der Waals surface area contributed by atoms with E-state index in [1.54, 1.807) is 0 Å². The predicted molar refractivity (Wildman–Crippen MR) is 100.0 cm³/mol. The molecule has 0 bridgehead atoms. The van der Waals surface area contributed by atoms with Crippen molar-refractivity contribution in [1.82, 2.24) is 4.31 Å². The molecule has 0 spiro atoms. The second-order valence-electron chi connectivity index (χ2n) is 6.36. The van der Waals surface area contributed by atoms with Crippen LogP contribution in [0.4, 0.5) is 11.4 Å². The van der Waals surface area contributed by atoms with Crippen LogP contribution in [0.1, 0.15) is 11.1 Å². The second kappa shape index (κ2) is 7.05. The van der Waals surface area contributed by atoms with E-state index < -0.39 is 14.9 Å². The van der Waals surface area contributed by atoms with Gasteiger partial charge in [0.25, 0.3) is 5.69 Å². The number of non-ortho nitro benzene ring substituents is 1. The van der Waals surface area contributed by atoms with Crippen LogP contribution in [0.3, 0.4) is 0 Å². The number of sulfonamides is 1. The molecule has 0 N–H and O–H groups in total. The summed E-state index contributed by atoms with van der Waals surface area (Å²) < 4.78 is 27.0. The van der Waals surface area contributed by atoms with Crippen molar-refractivity contribution in [3.63, 3.8) is 0 Å². The van der Waals surface area contributed by atoms with Crippen LogP contribution < -0.4 is 4.90 Å². The molecule has 3 rings (SSSR count). The minimum atomic E-state index is -3.74. The van der Waals surface area contributed by atoms with Crippen LogP contribution in [-0.2, 0) is 10.0 Å². The molecule has 0 amide bonds. The van der Waals surface area contributed by atoms with Gasteiger partial charge >= 0.3 is 0 Å². The summed E-state index contributed by atoms with van der Waals surface area (Å²) in [6.07, 6.45) is 0. The predicted octanol–water partition coefficient (Wildman–Crippen LogP) is 2.72. The topological polar surface area (TPSA) is 83.8 Å². The number of benzene rings is 2. The summed E-state index contributed by atoms with van der Waals surface area (Å²) in [7, 11) is -3.74. The number of piperazine rings is 1. The van der Waals surface area contributed by atoms with E-state index in [0.29, 0.717) is 26.2 Å². The van der Waals surface area contributed by atoms with Crippen LogP contribution in [-0.4, -0.2) is 43.8 Å². The molecule has 1 aliphatic heterocycles. The molecule has 0 saturated carbocycles. The lowest BCUT2D eigenvalue weighted by molar-refractivity contribution is -0.385. The molecular weight excluding hydrogens is 354 g/mol. The van der Waals surface area contributed by atoms with Crippen LogP contribution in [0.25, 0.3) is 0 Å². The Balaban J connectivity index is 1.78. The van der Waals surface area contributed by atoms with E-state index in [9.17, 15) is 18.5 Å². The lowest BCUT2D eigenvalue weighted by Crippen LogP contribution is -2.48. The monoisotopic (exact) mass is 375 g/mol. The van der Waals surface area contributed by atoms with Gasteiger partial charge in [-0.2, -0.15) is 4.31 Å². The second-order valence-corrected chi connectivity index (χ2v) is 8.30. The van der Waals surface area contributed by atoms with Gasteiger partial charge in [-0.1, -0.05) is 18.2 Å². The average Bonchev–Trinajstić information content (AvgIpc) is 2.64. The van der Waals surface area contributed by atoms with Crippen LogP contribution >= 0.6 is 0 Å². The number of aryl methyl sites for hydroxylation is 1. The van der Waals surface area contributed by atoms with E-state index in [-0.39, 0.29) is 10.6 Å². The molecule has 0 aliphatic carbocycles. The third-order valence-corrected chi connectivity index (χ3v) is 6.72. The first-order valence-electron chi connectivity index (χ1n) is 8.36. The van der Waals surface area contributed by atoms with Crippen molar-refractivity contribution in [1.29, 1.82) is 0 Å².